The molecular weight excluding hydrogens is 538 g/mol. The van der Waals surface area contributed by atoms with Crippen LogP contribution >= 0.6 is 11.6 Å². The van der Waals surface area contributed by atoms with Crippen LogP contribution in [0.4, 0.5) is 8.78 Å². The number of para-hydroxylation sites is 2. The Labute approximate surface area is 240 Å². The van der Waals surface area contributed by atoms with E-state index in [-0.39, 0.29) is 12.1 Å². The molecule has 0 aliphatic rings. The largest absolute Gasteiger partial charge is 0.319 e. The van der Waals surface area contributed by atoms with Crippen molar-refractivity contribution >= 4 is 33.7 Å². The molecule has 7 aromatic rings. The van der Waals surface area contributed by atoms with Gasteiger partial charge in [-0.2, -0.15) is 0 Å². The van der Waals surface area contributed by atoms with Gasteiger partial charge in [0.2, 0.25) is 0 Å². The van der Waals surface area contributed by atoms with Crippen molar-refractivity contribution in [3.63, 3.8) is 0 Å². The van der Waals surface area contributed by atoms with Crippen LogP contribution in [0.15, 0.2) is 115 Å². The minimum atomic E-state index is -0.491. The van der Waals surface area contributed by atoms with Crippen molar-refractivity contribution in [2.75, 3.05) is 0 Å². The van der Waals surface area contributed by atoms with Gasteiger partial charge in [0, 0.05) is 28.3 Å². The zero-order valence-corrected chi connectivity index (χ0v) is 22.6. The summed E-state index contributed by atoms with van der Waals surface area (Å²) in [6, 6.07) is 35.2. The van der Waals surface area contributed by atoms with Crippen molar-refractivity contribution in [3.05, 3.63) is 143 Å². The lowest BCUT2D eigenvalue weighted by atomic mass is 10.1. The average Bonchev–Trinajstić information content (AvgIpc) is 3.53. The molecule has 0 saturated carbocycles. The highest BCUT2D eigenvalue weighted by atomic mass is 35.5. The third-order valence-corrected chi connectivity index (χ3v) is 7.50. The van der Waals surface area contributed by atoms with Gasteiger partial charge < -0.3 is 9.13 Å². The molecule has 200 valence electrons. The summed E-state index contributed by atoms with van der Waals surface area (Å²) >= 11 is 6.32. The van der Waals surface area contributed by atoms with E-state index in [1.807, 2.05) is 77.4 Å². The van der Waals surface area contributed by atoms with E-state index in [9.17, 15) is 8.78 Å². The first-order chi connectivity index (χ1) is 20.0. The van der Waals surface area contributed by atoms with Crippen LogP contribution < -0.4 is 0 Å². The lowest BCUT2D eigenvalue weighted by Gasteiger charge is -2.12. The molecular formula is C34H23ClF2N4. The average molecular weight is 561 g/mol. The minimum Gasteiger partial charge on any atom is -0.319 e. The van der Waals surface area contributed by atoms with Gasteiger partial charge in [-0.25, -0.2) is 18.7 Å². The van der Waals surface area contributed by atoms with Gasteiger partial charge in [-0.1, -0.05) is 66.2 Å². The van der Waals surface area contributed by atoms with Crippen LogP contribution in [0.25, 0.3) is 44.8 Å². The zero-order valence-electron chi connectivity index (χ0n) is 21.8. The molecule has 0 fully saturated rings. The van der Waals surface area contributed by atoms with Gasteiger partial charge in [0.1, 0.15) is 23.3 Å². The summed E-state index contributed by atoms with van der Waals surface area (Å²) in [4.78, 5) is 9.97. The Hall–Kier alpha value is -4.81. The van der Waals surface area contributed by atoms with Crippen LogP contribution in [-0.2, 0) is 13.1 Å². The number of halogens is 3. The second-order valence-electron chi connectivity index (χ2n) is 9.97. The molecule has 0 amide bonds. The summed E-state index contributed by atoms with van der Waals surface area (Å²) in [6.45, 7) is 0.767. The highest BCUT2D eigenvalue weighted by Gasteiger charge is 2.19. The van der Waals surface area contributed by atoms with Crippen molar-refractivity contribution in [2.24, 2.45) is 0 Å². The van der Waals surface area contributed by atoms with Crippen molar-refractivity contribution in [1.29, 1.82) is 0 Å². The smallest absolute Gasteiger partial charge is 0.141 e. The molecule has 0 saturated heterocycles. The third kappa shape index (κ3) is 4.77. The fourth-order valence-electron chi connectivity index (χ4n) is 5.33. The van der Waals surface area contributed by atoms with E-state index >= 15 is 0 Å². The summed E-state index contributed by atoms with van der Waals surface area (Å²) in [7, 11) is 0. The molecule has 0 spiro atoms. The van der Waals surface area contributed by atoms with Gasteiger partial charge in [-0.15, -0.1) is 0 Å². The SMILES string of the molecule is Fc1ccc(F)c(Cn2c(-c3cccc(Cl)c3)nc3cc(-c4nc5ccccc5n4Cc4ccccc4)ccc32)c1. The van der Waals surface area contributed by atoms with Crippen LogP contribution in [0.3, 0.4) is 0 Å². The molecule has 2 aromatic heterocycles. The number of aromatic nitrogens is 4. The topological polar surface area (TPSA) is 35.6 Å². The fraction of sp³-hybridized carbons (Fsp3) is 0.0588. The third-order valence-electron chi connectivity index (χ3n) is 7.26. The normalized spacial score (nSPS) is 11.5. The van der Waals surface area contributed by atoms with Gasteiger partial charge in [-0.05, 0) is 66.2 Å². The Bertz CT molecular complexity index is 2050. The summed E-state index contributed by atoms with van der Waals surface area (Å²) in [6.07, 6.45) is 0. The van der Waals surface area contributed by atoms with Gasteiger partial charge >= 0.3 is 0 Å². The Balaban J connectivity index is 1.40. The predicted octanol–water partition coefficient (Wildman–Crippen LogP) is 8.75. The number of fused-ring (bicyclic) bond motifs is 2. The van der Waals surface area contributed by atoms with Crippen LogP contribution in [0.5, 0.6) is 0 Å². The fourth-order valence-corrected chi connectivity index (χ4v) is 5.52. The van der Waals surface area contributed by atoms with Crippen LogP contribution in [0.2, 0.25) is 5.02 Å². The van der Waals surface area contributed by atoms with Gasteiger partial charge in [-0.3, -0.25) is 0 Å². The lowest BCUT2D eigenvalue weighted by molar-refractivity contribution is 0.579. The number of benzene rings is 5. The Kier molecular flexibility index (Phi) is 6.33. The number of hydrogen-bond donors (Lipinski definition) is 0. The molecule has 0 bridgehead atoms. The second-order valence-corrected chi connectivity index (χ2v) is 10.4. The van der Waals surface area contributed by atoms with Crippen molar-refractivity contribution in [1.82, 2.24) is 19.1 Å². The summed E-state index contributed by atoms with van der Waals surface area (Å²) in [5.74, 6) is 0.472. The molecule has 7 rings (SSSR count). The minimum absolute atomic E-state index is 0.105. The highest BCUT2D eigenvalue weighted by Crippen LogP contribution is 2.32. The number of imidazole rings is 2. The van der Waals surface area contributed by atoms with E-state index in [2.05, 4.69) is 22.8 Å². The molecule has 0 atom stereocenters. The molecule has 0 aliphatic heterocycles. The molecule has 0 radical (unpaired) electrons. The van der Waals surface area contributed by atoms with Crippen LogP contribution in [0.1, 0.15) is 11.1 Å². The van der Waals surface area contributed by atoms with Crippen molar-refractivity contribution in [3.8, 4) is 22.8 Å². The van der Waals surface area contributed by atoms with E-state index < -0.39 is 11.6 Å². The van der Waals surface area contributed by atoms with E-state index in [0.29, 0.717) is 22.9 Å². The Morgan fingerprint density at radius 1 is 0.585 bits per heavy atom. The summed E-state index contributed by atoms with van der Waals surface area (Å²) in [5.41, 5.74) is 6.55. The number of rotatable bonds is 6. The molecule has 4 nitrogen and oxygen atoms in total. The van der Waals surface area contributed by atoms with Gasteiger partial charge in [0.25, 0.3) is 0 Å². The second kappa shape index (κ2) is 10.3. The maximum absolute atomic E-state index is 14.7. The first-order valence-electron chi connectivity index (χ1n) is 13.2. The first-order valence-corrected chi connectivity index (χ1v) is 13.6. The van der Waals surface area contributed by atoms with E-state index in [1.165, 1.54) is 11.6 Å². The quantitative estimate of drug-likeness (QED) is 0.204. The van der Waals surface area contributed by atoms with Crippen LogP contribution in [0, 0.1) is 11.6 Å². The molecule has 0 N–H and O–H groups in total. The molecule has 5 aromatic carbocycles. The van der Waals surface area contributed by atoms with E-state index in [4.69, 9.17) is 21.6 Å². The zero-order chi connectivity index (χ0) is 27.9. The maximum atomic E-state index is 14.7. The monoisotopic (exact) mass is 560 g/mol. The lowest BCUT2D eigenvalue weighted by Crippen LogP contribution is -2.05. The summed E-state index contributed by atoms with van der Waals surface area (Å²) in [5, 5.41) is 0.563. The van der Waals surface area contributed by atoms with Crippen molar-refractivity contribution < 1.29 is 8.78 Å². The first kappa shape index (κ1) is 25.2. The number of nitrogens with zero attached hydrogens (tertiary/aromatic N) is 4. The van der Waals surface area contributed by atoms with E-state index in [0.717, 1.165) is 45.6 Å². The Morgan fingerprint density at radius 2 is 1.29 bits per heavy atom. The van der Waals surface area contributed by atoms with Crippen LogP contribution in [-0.4, -0.2) is 19.1 Å². The molecule has 7 heteroatoms. The molecule has 0 unspecified atom stereocenters. The predicted molar refractivity (Wildman–Crippen MR) is 160 cm³/mol. The molecule has 2 heterocycles. The molecule has 41 heavy (non-hydrogen) atoms. The van der Waals surface area contributed by atoms with Crippen molar-refractivity contribution in [2.45, 2.75) is 13.1 Å². The summed E-state index contributed by atoms with van der Waals surface area (Å²) < 4.78 is 32.9. The number of hydrogen-bond acceptors (Lipinski definition) is 2. The van der Waals surface area contributed by atoms with Gasteiger partial charge in [0.05, 0.1) is 28.6 Å². The molecule has 0 aliphatic carbocycles. The van der Waals surface area contributed by atoms with E-state index in [1.54, 1.807) is 6.07 Å². The maximum Gasteiger partial charge on any atom is 0.141 e. The van der Waals surface area contributed by atoms with Gasteiger partial charge in [0.15, 0.2) is 0 Å². The Morgan fingerprint density at radius 3 is 2.12 bits per heavy atom. The standard InChI is InChI=1S/C34H23ClF2N4/c35-26-10-6-9-23(17-26)33-39-30-19-24(13-16-32(30)41(33)21-25-18-27(36)14-15-28(25)37)34-38-29-11-4-5-12-31(29)40(34)20-22-7-2-1-3-8-22/h1-19H,20-21H2. The highest BCUT2D eigenvalue weighted by molar-refractivity contribution is 6.30.